The van der Waals surface area contributed by atoms with Crippen molar-refractivity contribution in [2.45, 2.75) is 19.4 Å². The van der Waals surface area contributed by atoms with Crippen LogP contribution in [0.2, 0.25) is 0 Å². The highest BCUT2D eigenvalue weighted by atomic mass is 16.5. The number of likely N-dealkylation sites (tertiary alicyclic amines) is 1. The Morgan fingerprint density at radius 2 is 1.73 bits per heavy atom. The molecule has 0 bridgehead atoms. The van der Waals surface area contributed by atoms with E-state index in [1.807, 2.05) is 6.92 Å². The van der Waals surface area contributed by atoms with Gasteiger partial charge in [-0.25, -0.2) is 0 Å². The zero-order chi connectivity index (χ0) is 26.2. The van der Waals surface area contributed by atoms with Crippen LogP contribution in [0.3, 0.4) is 0 Å². The van der Waals surface area contributed by atoms with Crippen molar-refractivity contribution >= 4 is 17.4 Å². The second kappa shape index (κ2) is 12.6. The standard InChI is InChI=1S/C29H34N2O6/c1-3-17-36-23-9-5-21(6-10-23)26-25(27(32)22-7-11-24(12-8-22)37-18-4-2)28(33)29(34)31(26)14-13-30-15-19-35-20-16-30/h3,5-12,26,32H,1,4,13-20H2,2H3. The lowest BCUT2D eigenvalue weighted by molar-refractivity contribution is -0.907. The second-order valence-electron chi connectivity index (χ2n) is 9.13. The molecule has 196 valence electrons. The topological polar surface area (TPSA) is 92.6 Å². The Balaban J connectivity index is 1.67. The Kier molecular flexibility index (Phi) is 8.98. The van der Waals surface area contributed by atoms with Gasteiger partial charge in [0.15, 0.2) is 0 Å². The van der Waals surface area contributed by atoms with Gasteiger partial charge in [0, 0.05) is 5.57 Å². The molecule has 37 heavy (non-hydrogen) atoms. The van der Waals surface area contributed by atoms with Crippen molar-refractivity contribution in [3.63, 3.8) is 0 Å². The summed E-state index contributed by atoms with van der Waals surface area (Å²) in [4.78, 5) is 29.3. The summed E-state index contributed by atoms with van der Waals surface area (Å²) >= 11 is 0. The fourth-order valence-electron chi connectivity index (χ4n) is 4.62. The average Bonchev–Trinajstić information content (AvgIpc) is 3.19. The fourth-order valence-corrected chi connectivity index (χ4v) is 4.62. The van der Waals surface area contributed by atoms with Crippen LogP contribution in [0.25, 0.3) is 5.76 Å². The number of morpholine rings is 1. The summed E-state index contributed by atoms with van der Waals surface area (Å²) in [7, 11) is 0. The molecule has 1 unspecified atom stereocenters. The molecule has 2 heterocycles. The van der Waals surface area contributed by atoms with Gasteiger partial charge in [0.1, 0.15) is 31.2 Å². The number of carbonyl (C=O) groups excluding carboxylic acids is 2. The highest BCUT2D eigenvalue weighted by Gasteiger charge is 2.44. The number of ether oxygens (including phenoxy) is 3. The minimum Gasteiger partial charge on any atom is -0.872 e. The average molecular weight is 507 g/mol. The third kappa shape index (κ3) is 6.21. The molecule has 0 radical (unpaired) electrons. The lowest BCUT2D eigenvalue weighted by atomic mass is 9.95. The molecule has 8 nitrogen and oxygen atoms in total. The van der Waals surface area contributed by atoms with E-state index in [0.29, 0.717) is 62.1 Å². The van der Waals surface area contributed by atoms with Crippen LogP contribution >= 0.6 is 0 Å². The maximum atomic E-state index is 13.6. The van der Waals surface area contributed by atoms with Crippen LogP contribution in [0, 0.1) is 0 Å². The monoisotopic (exact) mass is 506 g/mol. The van der Waals surface area contributed by atoms with Crippen molar-refractivity contribution in [2.24, 2.45) is 0 Å². The van der Waals surface area contributed by atoms with Gasteiger partial charge in [-0.05, 0) is 41.8 Å². The molecule has 4 rings (SSSR count). The van der Waals surface area contributed by atoms with Crippen LogP contribution in [-0.4, -0.2) is 69.2 Å². The summed E-state index contributed by atoms with van der Waals surface area (Å²) < 4.78 is 16.6. The molecule has 1 N–H and O–H groups in total. The summed E-state index contributed by atoms with van der Waals surface area (Å²) in [6.07, 6.45) is 2.53. The molecule has 2 aliphatic heterocycles. The Morgan fingerprint density at radius 1 is 1.08 bits per heavy atom. The summed E-state index contributed by atoms with van der Waals surface area (Å²) in [6.45, 7) is 10.7. The Hall–Kier alpha value is -3.62. The summed E-state index contributed by atoms with van der Waals surface area (Å²) in [5, 5.41) is 13.6. The van der Waals surface area contributed by atoms with Crippen LogP contribution in [-0.2, 0) is 14.3 Å². The zero-order valence-electron chi connectivity index (χ0n) is 21.2. The van der Waals surface area contributed by atoms with Gasteiger partial charge in [0.25, 0.3) is 5.91 Å². The lowest BCUT2D eigenvalue weighted by Crippen LogP contribution is -3.14. The molecule has 0 aromatic heterocycles. The minimum atomic E-state index is -0.766. The van der Waals surface area contributed by atoms with E-state index in [9.17, 15) is 14.7 Å². The SMILES string of the molecule is C=CCOc1ccc(C2C(=C([O-])c3ccc(OCCC)cc3)C(=O)C(=O)N2CC[NH+]2CCOCC2)cc1. The molecule has 8 heteroatoms. The van der Waals surface area contributed by atoms with Crippen molar-refractivity contribution in [2.75, 3.05) is 52.6 Å². The van der Waals surface area contributed by atoms with Gasteiger partial charge in [0.05, 0.1) is 39.0 Å². The molecule has 1 atom stereocenters. The maximum absolute atomic E-state index is 13.6. The van der Waals surface area contributed by atoms with E-state index >= 15 is 0 Å². The predicted octanol–water partition coefficient (Wildman–Crippen LogP) is 1.18. The summed E-state index contributed by atoms with van der Waals surface area (Å²) in [5.41, 5.74) is 1.01. The Morgan fingerprint density at radius 3 is 2.38 bits per heavy atom. The van der Waals surface area contributed by atoms with E-state index in [0.717, 1.165) is 19.5 Å². The van der Waals surface area contributed by atoms with Crippen molar-refractivity contribution < 1.29 is 33.8 Å². The molecule has 2 aliphatic rings. The number of amides is 1. The number of benzene rings is 2. The number of quaternary nitrogens is 1. The molecular weight excluding hydrogens is 472 g/mol. The third-order valence-corrected chi connectivity index (χ3v) is 6.59. The number of rotatable bonds is 11. The van der Waals surface area contributed by atoms with Crippen molar-refractivity contribution in [3.8, 4) is 11.5 Å². The molecule has 2 aromatic carbocycles. The van der Waals surface area contributed by atoms with Gasteiger partial charge in [-0.2, -0.15) is 0 Å². The molecule has 0 aliphatic carbocycles. The first-order chi connectivity index (χ1) is 18.0. The molecule has 2 aromatic rings. The first-order valence-electron chi connectivity index (χ1n) is 12.8. The second-order valence-corrected chi connectivity index (χ2v) is 9.13. The predicted molar refractivity (Wildman–Crippen MR) is 137 cm³/mol. The number of hydrogen-bond donors (Lipinski definition) is 1. The van der Waals surface area contributed by atoms with Gasteiger partial charge in [0.2, 0.25) is 5.78 Å². The van der Waals surface area contributed by atoms with E-state index in [2.05, 4.69) is 6.58 Å². The van der Waals surface area contributed by atoms with Gasteiger partial charge < -0.3 is 29.1 Å². The molecule has 0 saturated carbocycles. The smallest absolute Gasteiger partial charge is 0.295 e. The van der Waals surface area contributed by atoms with Crippen molar-refractivity contribution in [3.05, 3.63) is 77.9 Å². The molecule has 2 fully saturated rings. The van der Waals surface area contributed by atoms with E-state index in [-0.39, 0.29) is 5.57 Å². The van der Waals surface area contributed by atoms with Crippen LogP contribution in [0.1, 0.15) is 30.5 Å². The number of nitrogens with one attached hydrogen (secondary N) is 1. The van der Waals surface area contributed by atoms with E-state index in [1.54, 1.807) is 54.6 Å². The highest BCUT2D eigenvalue weighted by Crippen LogP contribution is 2.39. The molecule has 1 amide bonds. The quantitative estimate of drug-likeness (QED) is 0.213. The Bertz CT molecular complexity index is 1120. The van der Waals surface area contributed by atoms with Gasteiger partial charge in [-0.1, -0.05) is 49.6 Å². The van der Waals surface area contributed by atoms with Crippen molar-refractivity contribution in [1.29, 1.82) is 0 Å². The van der Waals surface area contributed by atoms with Crippen LogP contribution in [0.15, 0.2) is 66.8 Å². The molecule has 0 spiro atoms. The molecular formula is C29H34N2O6. The van der Waals surface area contributed by atoms with Crippen LogP contribution < -0.4 is 19.5 Å². The Labute approximate surface area is 217 Å². The number of Topliss-reactive ketones (excluding diaryl/α,β-unsaturated/α-hetero) is 1. The largest absolute Gasteiger partial charge is 0.872 e. The van der Waals surface area contributed by atoms with E-state index < -0.39 is 23.5 Å². The summed E-state index contributed by atoms with van der Waals surface area (Å²) in [6, 6.07) is 13.1. The molecule has 2 saturated heterocycles. The first kappa shape index (κ1) is 26.4. The number of carbonyl (C=O) groups is 2. The number of hydrogen-bond acceptors (Lipinski definition) is 6. The maximum Gasteiger partial charge on any atom is 0.295 e. The van der Waals surface area contributed by atoms with Crippen LogP contribution in [0.4, 0.5) is 0 Å². The zero-order valence-corrected chi connectivity index (χ0v) is 21.2. The third-order valence-electron chi connectivity index (χ3n) is 6.59. The minimum absolute atomic E-state index is 0.0241. The highest BCUT2D eigenvalue weighted by molar-refractivity contribution is 6.46. The number of nitrogens with zero attached hydrogens (tertiary/aromatic N) is 1. The van der Waals surface area contributed by atoms with Gasteiger partial charge >= 0.3 is 0 Å². The van der Waals surface area contributed by atoms with Crippen LogP contribution in [0.5, 0.6) is 11.5 Å². The van der Waals surface area contributed by atoms with E-state index in [1.165, 1.54) is 9.80 Å². The van der Waals surface area contributed by atoms with Gasteiger partial charge in [-0.3, -0.25) is 9.59 Å². The first-order valence-corrected chi connectivity index (χ1v) is 12.8. The fraction of sp³-hybridized carbons (Fsp3) is 0.379. The normalized spacial score (nSPS) is 19.7. The summed E-state index contributed by atoms with van der Waals surface area (Å²) in [5.74, 6) is -0.544. The van der Waals surface area contributed by atoms with Gasteiger partial charge in [-0.15, -0.1) is 0 Å². The number of ketones is 1. The lowest BCUT2D eigenvalue weighted by Gasteiger charge is -2.30. The van der Waals surface area contributed by atoms with E-state index in [4.69, 9.17) is 14.2 Å². The van der Waals surface area contributed by atoms with Crippen molar-refractivity contribution in [1.82, 2.24) is 4.90 Å².